The molecule has 0 spiro atoms. The molecule has 1 N–H and O–H groups in total. The van der Waals surface area contributed by atoms with Crippen molar-refractivity contribution in [1.29, 1.82) is 0 Å². The van der Waals surface area contributed by atoms with Crippen LogP contribution in [0, 0.1) is 0 Å². The first-order valence-electron chi connectivity index (χ1n) is 9.12. The van der Waals surface area contributed by atoms with Gasteiger partial charge in [-0.1, -0.05) is 6.07 Å². The Bertz CT molecular complexity index is 746. The van der Waals surface area contributed by atoms with Crippen LogP contribution in [-0.4, -0.2) is 47.6 Å². The number of ether oxygens (including phenoxy) is 2. The van der Waals surface area contributed by atoms with Crippen LogP contribution in [0.2, 0.25) is 0 Å². The van der Waals surface area contributed by atoms with E-state index in [0.717, 1.165) is 25.9 Å². The minimum atomic E-state index is 0. The van der Waals surface area contributed by atoms with Crippen LogP contribution < -0.4 is 14.8 Å². The Morgan fingerprint density at radius 3 is 2.54 bits per heavy atom. The number of amides is 1. The van der Waals surface area contributed by atoms with Crippen LogP contribution in [-0.2, 0) is 4.79 Å². The van der Waals surface area contributed by atoms with Gasteiger partial charge in [-0.05, 0) is 49.6 Å². The SMILES string of the molecule is Cl.Cl.O=C(COc1ccc(Oc2ccccn2)cc1)N1CCC2CCC(C1)N2. The molecule has 28 heavy (non-hydrogen) atoms. The monoisotopic (exact) mass is 425 g/mol. The predicted molar refractivity (Wildman–Crippen MR) is 112 cm³/mol. The second-order valence-electron chi connectivity index (χ2n) is 6.80. The van der Waals surface area contributed by atoms with Crippen molar-refractivity contribution in [3.63, 3.8) is 0 Å². The Kier molecular flexibility index (Phi) is 8.35. The number of hydrogen-bond donors (Lipinski definition) is 1. The first-order valence-corrected chi connectivity index (χ1v) is 9.12. The Morgan fingerprint density at radius 1 is 1.04 bits per heavy atom. The van der Waals surface area contributed by atoms with Gasteiger partial charge in [0.2, 0.25) is 5.88 Å². The van der Waals surface area contributed by atoms with Gasteiger partial charge in [-0.2, -0.15) is 0 Å². The van der Waals surface area contributed by atoms with Crippen molar-refractivity contribution in [1.82, 2.24) is 15.2 Å². The van der Waals surface area contributed by atoms with Gasteiger partial charge in [-0.25, -0.2) is 4.98 Å². The van der Waals surface area contributed by atoms with E-state index in [0.29, 0.717) is 29.5 Å². The number of carbonyl (C=O) groups is 1. The fourth-order valence-electron chi connectivity index (χ4n) is 3.54. The summed E-state index contributed by atoms with van der Waals surface area (Å²) in [6, 6.07) is 13.7. The Labute approximate surface area is 177 Å². The van der Waals surface area contributed by atoms with Gasteiger partial charge in [0.15, 0.2) is 6.61 Å². The molecule has 0 radical (unpaired) electrons. The van der Waals surface area contributed by atoms with Gasteiger partial charge in [-0.3, -0.25) is 4.79 Å². The largest absolute Gasteiger partial charge is 0.484 e. The molecule has 1 aromatic heterocycles. The zero-order valence-electron chi connectivity index (χ0n) is 15.5. The van der Waals surface area contributed by atoms with Crippen molar-refractivity contribution < 1.29 is 14.3 Å². The second kappa shape index (κ2) is 10.5. The summed E-state index contributed by atoms with van der Waals surface area (Å²) in [6.07, 6.45) is 5.10. The lowest BCUT2D eigenvalue weighted by Crippen LogP contribution is -2.41. The minimum absolute atomic E-state index is 0. The second-order valence-corrected chi connectivity index (χ2v) is 6.80. The Balaban J connectivity index is 0.00000140. The fraction of sp³-hybridized carbons (Fsp3) is 0.400. The van der Waals surface area contributed by atoms with Crippen molar-refractivity contribution >= 4 is 30.7 Å². The number of nitrogens with zero attached hydrogens (tertiary/aromatic N) is 2. The van der Waals surface area contributed by atoms with E-state index in [4.69, 9.17) is 9.47 Å². The van der Waals surface area contributed by atoms with E-state index in [1.54, 1.807) is 24.4 Å². The van der Waals surface area contributed by atoms with Crippen LogP contribution in [0.25, 0.3) is 0 Å². The predicted octanol–water partition coefficient (Wildman–Crippen LogP) is 3.45. The summed E-state index contributed by atoms with van der Waals surface area (Å²) in [5, 5.41) is 3.58. The number of carbonyl (C=O) groups excluding carboxylic acids is 1. The van der Waals surface area contributed by atoms with E-state index in [1.165, 1.54) is 6.42 Å². The van der Waals surface area contributed by atoms with Crippen LogP contribution in [0.4, 0.5) is 0 Å². The molecule has 1 amide bonds. The summed E-state index contributed by atoms with van der Waals surface area (Å²) >= 11 is 0. The zero-order valence-corrected chi connectivity index (χ0v) is 17.1. The summed E-state index contributed by atoms with van der Waals surface area (Å²) in [5.41, 5.74) is 0. The molecule has 2 fully saturated rings. The molecule has 3 heterocycles. The first kappa shape index (κ1) is 22.3. The lowest BCUT2D eigenvalue weighted by atomic mass is 10.1. The quantitative estimate of drug-likeness (QED) is 0.794. The summed E-state index contributed by atoms with van der Waals surface area (Å²) in [7, 11) is 0. The molecule has 0 aliphatic carbocycles. The van der Waals surface area contributed by atoms with Gasteiger partial charge in [0.25, 0.3) is 5.91 Å². The Morgan fingerprint density at radius 2 is 1.79 bits per heavy atom. The number of rotatable bonds is 5. The molecule has 152 valence electrons. The van der Waals surface area contributed by atoms with Crippen molar-refractivity contribution in [3.05, 3.63) is 48.7 Å². The number of fused-ring (bicyclic) bond motifs is 2. The van der Waals surface area contributed by atoms with Crippen molar-refractivity contribution in [3.8, 4) is 17.4 Å². The van der Waals surface area contributed by atoms with Crippen LogP contribution in [0.1, 0.15) is 19.3 Å². The van der Waals surface area contributed by atoms with Crippen molar-refractivity contribution in [2.75, 3.05) is 19.7 Å². The van der Waals surface area contributed by atoms with E-state index >= 15 is 0 Å². The van der Waals surface area contributed by atoms with Gasteiger partial charge >= 0.3 is 0 Å². The van der Waals surface area contributed by atoms with Crippen LogP contribution in [0.5, 0.6) is 17.4 Å². The average molecular weight is 426 g/mol. The number of halogens is 2. The van der Waals surface area contributed by atoms with Crippen LogP contribution >= 0.6 is 24.8 Å². The smallest absolute Gasteiger partial charge is 0.260 e. The number of likely N-dealkylation sites (tertiary alicyclic amines) is 1. The van der Waals surface area contributed by atoms with E-state index in [2.05, 4.69) is 10.3 Å². The summed E-state index contributed by atoms with van der Waals surface area (Å²) in [5.74, 6) is 1.92. The van der Waals surface area contributed by atoms with Gasteiger partial charge < -0.3 is 19.7 Å². The molecule has 0 saturated carbocycles. The number of aromatic nitrogens is 1. The summed E-state index contributed by atoms with van der Waals surface area (Å²) in [4.78, 5) is 18.5. The number of nitrogens with one attached hydrogen (secondary N) is 1. The average Bonchev–Trinajstić information content (AvgIpc) is 3.00. The topological polar surface area (TPSA) is 63.7 Å². The highest BCUT2D eigenvalue weighted by molar-refractivity contribution is 5.85. The lowest BCUT2D eigenvalue weighted by Gasteiger charge is -2.24. The lowest BCUT2D eigenvalue weighted by molar-refractivity contribution is -0.133. The number of pyridine rings is 1. The molecule has 8 heteroatoms. The fourth-order valence-corrected chi connectivity index (χ4v) is 3.54. The van der Waals surface area contributed by atoms with Gasteiger partial charge in [0.05, 0.1) is 0 Å². The first-order chi connectivity index (χ1) is 12.8. The van der Waals surface area contributed by atoms with Crippen molar-refractivity contribution in [2.45, 2.75) is 31.3 Å². The van der Waals surface area contributed by atoms with Gasteiger partial charge in [-0.15, -0.1) is 24.8 Å². The molecular formula is C20H25Cl2N3O3. The molecule has 1 aromatic carbocycles. The molecule has 2 aromatic rings. The number of hydrogen-bond acceptors (Lipinski definition) is 5. The normalized spacial score (nSPS) is 20.4. The molecule has 2 bridgehead atoms. The third-order valence-electron chi connectivity index (χ3n) is 4.92. The van der Waals surface area contributed by atoms with E-state index in [9.17, 15) is 4.79 Å². The minimum Gasteiger partial charge on any atom is -0.484 e. The number of benzene rings is 1. The molecule has 2 atom stereocenters. The highest BCUT2D eigenvalue weighted by atomic mass is 35.5. The third kappa shape index (κ3) is 5.74. The highest BCUT2D eigenvalue weighted by Gasteiger charge is 2.31. The van der Waals surface area contributed by atoms with Gasteiger partial charge in [0.1, 0.15) is 11.5 Å². The molecule has 2 aliphatic heterocycles. The molecule has 2 unspecified atom stereocenters. The van der Waals surface area contributed by atoms with E-state index in [-0.39, 0.29) is 37.3 Å². The van der Waals surface area contributed by atoms with Crippen molar-refractivity contribution in [2.24, 2.45) is 0 Å². The van der Waals surface area contributed by atoms with Crippen LogP contribution in [0.15, 0.2) is 48.7 Å². The van der Waals surface area contributed by atoms with Gasteiger partial charge in [0, 0.05) is 37.4 Å². The van der Waals surface area contributed by atoms with Crippen LogP contribution in [0.3, 0.4) is 0 Å². The third-order valence-corrected chi connectivity index (χ3v) is 4.92. The molecule has 2 saturated heterocycles. The maximum absolute atomic E-state index is 12.4. The van der Waals surface area contributed by atoms with E-state index < -0.39 is 0 Å². The summed E-state index contributed by atoms with van der Waals surface area (Å²) < 4.78 is 11.3. The zero-order chi connectivity index (χ0) is 17.8. The molecule has 4 rings (SSSR count). The molecular weight excluding hydrogens is 401 g/mol. The standard InChI is InChI=1S/C20H23N3O3.2ClH/c24-20(23-12-10-15-4-5-16(13-23)22-15)14-25-17-6-8-18(9-7-17)26-19-3-1-2-11-21-19;;/h1-3,6-9,11,15-16,22H,4-5,10,12-14H2;2*1H. The Hall–Kier alpha value is -2.02. The maximum atomic E-state index is 12.4. The summed E-state index contributed by atoms with van der Waals surface area (Å²) in [6.45, 7) is 1.67. The maximum Gasteiger partial charge on any atom is 0.260 e. The van der Waals surface area contributed by atoms with E-state index in [1.807, 2.05) is 29.2 Å². The highest BCUT2D eigenvalue weighted by Crippen LogP contribution is 2.23. The molecule has 6 nitrogen and oxygen atoms in total. The molecule has 2 aliphatic rings.